The summed E-state index contributed by atoms with van der Waals surface area (Å²) in [6.45, 7) is 5.44. The second-order valence-electron chi connectivity index (χ2n) is 5.36. The molecule has 0 unspecified atom stereocenters. The van der Waals surface area contributed by atoms with E-state index in [0.29, 0.717) is 6.54 Å². The van der Waals surface area contributed by atoms with Gasteiger partial charge in [-0.05, 0) is 49.9 Å². The van der Waals surface area contributed by atoms with Crippen molar-refractivity contribution < 1.29 is 9.53 Å². The van der Waals surface area contributed by atoms with E-state index < -0.39 is 0 Å². The van der Waals surface area contributed by atoms with Gasteiger partial charge in [-0.15, -0.1) is 0 Å². The average molecular weight is 341 g/mol. The highest BCUT2D eigenvalue weighted by Crippen LogP contribution is 2.25. The summed E-state index contributed by atoms with van der Waals surface area (Å²) in [6.07, 6.45) is 2.30. The number of hydrogen-bond acceptors (Lipinski definition) is 2. The van der Waals surface area contributed by atoms with Gasteiger partial charge in [0.25, 0.3) is 0 Å². The molecular formula is C15H21BrN2O2. The van der Waals surface area contributed by atoms with Crippen LogP contribution in [0.4, 0.5) is 10.5 Å². The second kappa shape index (κ2) is 6.59. The molecule has 0 saturated carbocycles. The minimum atomic E-state index is -0.0889. The van der Waals surface area contributed by atoms with Crippen molar-refractivity contribution in [3.63, 3.8) is 0 Å². The number of nitrogens with one attached hydrogen (secondary N) is 1. The first kappa shape index (κ1) is 15.3. The Morgan fingerprint density at radius 3 is 2.65 bits per heavy atom. The maximum Gasteiger partial charge on any atom is 0.321 e. The Hall–Kier alpha value is -1.07. The molecule has 2 rings (SSSR count). The van der Waals surface area contributed by atoms with E-state index in [0.717, 1.165) is 40.7 Å². The van der Waals surface area contributed by atoms with E-state index in [1.165, 1.54) is 0 Å². The number of halogens is 1. The lowest BCUT2D eigenvalue weighted by Crippen LogP contribution is -2.37. The number of urea groups is 1. The summed E-state index contributed by atoms with van der Waals surface area (Å²) in [7, 11) is 1.81. The normalized spacial score (nSPS) is 18.1. The summed E-state index contributed by atoms with van der Waals surface area (Å²) in [6, 6.07) is 3.92. The van der Waals surface area contributed by atoms with Crippen LogP contribution in [-0.4, -0.2) is 37.2 Å². The van der Waals surface area contributed by atoms with Crippen LogP contribution in [0.2, 0.25) is 0 Å². The number of likely N-dealkylation sites (N-methyl/N-ethyl adjacent to an activating group) is 1. The molecule has 1 N–H and O–H groups in total. The molecular weight excluding hydrogens is 320 g/mol. The van der Waals surface area contributed by atoms with E-state index in [4.69, 9.17) is 4.74 Å². The first-order valence-electron chi connectivity index (χ1n) is 6.88. The third kappa shape index (κ3) is 3.73. The molecule has 1 atom stereocenters. The summed E-state index contributed by atoms with van der Waals surface area (Å²) in [5.74, 6) is 0. The number of amides is 2. The SMILES string of the molecule is Cc1cc(Br)cc(C)c1NC(=O)N(C)C[C@H]1CCCO1. The fourth-order valence-corrected chi connectivity index (χ4v) is 3.17. The fourth-order valence-electron chi connectivity index (χ4n) is 2.49. The van der Waals surface area contributed by atoms with Gasteiger partial charge in [0.15, 0.2) is 0 Å². The van der Waals surface area contributed by atoms with E-state index in [1.807, 2.05) is 26.0 Å². The van der Waals surface area contributed by atoms with Gasteiger partial charge in [0.05, 0.1) is 6.10 Å². The van der Waals surface area contributed by atoms with Crippen molar-refractivity contribution in [3.8, 4) is 0 Å². The minimum Gasteiger partial charge on any atom is -0.376 e. The van der Waals surface area contributed by atoms with Crippen LogP contribution in [0.3, 0.4) is 0 Å². The van der Waals surface area contributed by atoms with Crippen molar-refractivity contribution in [3.05, 3.63) is 27.7 Å². The van der Waals surface area contributed by atoms with E-state index in [9.17, 15) is 4.79 Å². The van der Waals surface area contributed by atoms with Gasteiger partial charge >= 0.3 is 6.03 Å². The standard InChI is InChI=1S/C15H21BrN2O2/c1-10-7-12(16)8-11(2)14(10)17-15(19)18(3)9-13-5-4-6-20-13/h7-8,13H,4-6,9H2,1-3H3,(H,17,19)/t13-/m1/s1. The molecule has 0 aromatic heterocycles. The van der Waals surface area contributed by atoms with Crippen molar-refractivity contribution >= 4 is 27.6 Å². The molecule has 0 spiro atoms. The molecule has 1 heterocycles. The Kier molecular flexibility index (Phi) is 5.05. The fraction of sp³-hybridized carbons (Fsp3) is 0.533. The zero-order valence-electron chi connectivity index (χ0n) is 12.2. The molecule has 1 fully saturated rings. The predicted molar refractivity (Wildman–Crippen MR) is 84.2 cm³/mol. The van der Waals surface area contributed by atoms with Crippen molar-refractivity contribution in [1.29, 1.82) is 0 Å². The number of rotatable bonds is 3. The van der Waals surface area contributed by atoms with Gasteiger partial charge in [0.2, 0.25) is 0 Å². The molecule has 1 saturated heterocycles. The molecule has 110 valence electrons. The number of aryl methyl sites for hydroxylation is 2. The van der Waals surface area contributed by atoms with Crippen molar-refractivity contribution in [2.45, 2.75) is 32.8 Å². The molecule has 5 heteroatoms. The molecule has 1 aliphatic rings. The lowest BCUT2D eigenvalue weighted by Gasteiger charge is -2.22. The Balaban J connectivity index is 2.00. The van der Waals surface area contributed by atoms with E-state index >= 15 is 0 Å². The summed E-state index contributed by atoms with van der Waals surface area (Å²) >= 11 is 3.46. The summed E-state index contributed by atoms with van der Waals surface area (Å²) in [5.41, 5.74) is 2.99. The maximum atomic E-state index is 12.2. The third-order valence-electron chi connectivity index (χ3n) is 3.58. The molecule has 1 aromatic rings. The number of hydrogen-bond donors (Lipinski definition) is 1. The molecule has 0 radical (unpaired) electrons. The zero-order chi connectivity index (χ0) is 14.7. The molecule has 0 bridgehead atoms. The van der Waals surface area contributed by atoms with Crippen LogP contribution in [0, 0.1) is 13.8 Å². The van der Waals surface area contributed by atoms with Crippen LogP contribution in [0.5, 0.6) is 0 Å². The Labute approximate surface area is 128 Å². The predicted octanol–water partition coefficient (Wildman–Crippen LogP) is 3.71. The third-order valence-corrected chi connectivity index (χ3v) is 4.04. The zero-order valence-corrected chi connectivity index (χ0v) is 13.8. The van der Waals surface area contributed by atoms with Gasteiger partial charge in [0, 0.05) is 30.4 Å². The highest BCUT2D eigenvalue weighted by molar-refractivity contribution is 9.10. The first-order valence-corrected chi connectivity index (χ1v) is 7.67. The van der Waals surface area contributed by atoms with Gasteiger partial charge in [-0.25, -0.2) is 4.79 Å². The van der Waals surface area contributed by atoms with Crippen LogP contribution >= 0.6 is 15.9 Å². The topological polar surface area (TPSA) is 41.6 Å². The van der Waals surface area contributed by atoms with E-state index in [-0.39, 0.29) is 12.1 Å². The van der Waals surface area contributed by atoms with Gasteiger partial charge in [-0.1, -0.05) is 15.9 Å². The van der Waals surface area contributed by atoms with Crippen molar-refractivity contribution in [2.75, 3.05) is 25.5 Å². The van der Waals surface area contributed by atoms with Crippen molar-refractivity contribution in [2.24, 2.45) is 0 Å². The van der Waals surface area contributed by atoms with Gasteiger partial charge in [-0.3, -0.25) is 0 Å². The summed E-state index contributed by atoms with van der Waals surface area (Å²) < 4.78 is 6.59. The highest BCUT2D eigenvalue weighted by atomic mass is 79.9. The maximum absolute atomic E-state index is 12.2. The molecule has 20 heavy (non-hydrogen) atoms. The van der Waals surface area contributed by atoms with Gasteiger partial charge in [-0.2, -0.15) is 0 Å². The largest absolute Gasteiger partial charge is 0.376 e. The summed E-state index contributed by atoms with van der Waals surface area (Å²) in [4.78, 5) is 13.9. The van der Waals surface area contributed by atoms with E-state index in [2.05, 4.69) is 21.2 Å². The molecule has 1 aliphatic heterocycles. The number of benzene rings is 1. The average Bonchev–Trinajstić information content (AvgIpc) is 2.86. The smallest absolute Gasteiger partial charge is 0.321 e. The number of anilines is 1. The first-order chi connectivity index (χ1) is 9.47. The summed E-state index contributed by atoms with van der Waals surface area (Å²) in [5, 5.41) is 2.99. The van der Waals surface area contributed by atoms with Gasteiger partial charge in [0.1, 0.15) is 0 Å². The number of ether oxygens (including phenoxy) is 1. The second-order valence-corrected chi connectivity index (χ2v) is 6.28. The van der Waals surface area contributed by atoms with Crippen molar-refractivity contribution in [1.82, 2.24) is 4.90 Å². The van der Waals surface area contributed by atoms with Crippen LogP contribution in [0.25, 0.3) is 0 Å². The number of nitrogens with zero attached hydrogens (tertiary/aromatic N) is 1. The highest BCUT2D eigenvalue weighted by Gasteiger charge is 2.20. The molecule has 1 aromatic carbocycles. The Bertz CT molecular complexity index is 476. The number of carbonyl (C=O) groups excluding carboxylic acids is 1. The Morgan fingerprint density at radius 2 is 2.10 bits per heavy atom. The van der Waals surface area contributed by atoms with Crippen LogP contribution < -0.4 is 5.32 Å². The van der Waals surface area contributed by atoms with Crippen LogP contribution in [0.1, 0.15) is 24.0 Å². The van der Waals surface area contributed by atoms with E-state index in [1.54, 1.807) is 11.9 Å². The van der Waals surface area contributed by atoms with Crippen LogP contribution in [0.15, 0.2) is 16.6 Å². The molecule has 0 aliphatic carbocycles. The lowest BCUT2D eigenvalue weighted by molar-refractivity contribution is 0.0894. The lowest BCUT2D eigenvalue weighted by atomic mass is 10.1. The van der Waals surface area contributed by atoms with Gasteiger partial charge < -0.3 is 15.0 Å². The quantitative estimate of drug-likeness (QED) is 0.911. The number of carbonyl (C=O) groups is 1. The van der Waals surface area contributed by atoms with Crippen LogP contribution in [-0.2, 0) is 4.74 Å². The molecule has 4 nitrogen and oxygen atoms in total. The minimum absolute atomic E-state index is 0.0889. The molecule has 2 amide bonds. The Morgan fingerprint density at radius 1 is 1.45 bits per heavy atom. The monoisotopic (exact) mass is 340 g/mol.